The van der Waals surface area contributed by atoms with Crippen LogP contribution < -0.4 is 10.6 Å². The molecule has 1 atom stereocenters. The molecule has 0 rings (SSSR count). The molecule has 0 radical (unpaired) electrons. The molecule has 0 aromatic carbocycles. The van der Waals surface area contributed by atoms with Crippen LogP contribution >= 0.6 is 0 Å². The fourth-order valence-corrected chi connectivity index (χ4v) is 1.17. The molecule has 4 N–H and O–H groups in total. The van der Waals surface area contributed by atoms with Gasteiger partial charge in [-0.05, 0) is 6.42 Å². The van der Waals surface area contributed by atoms with Crippen LogP contribution in [0.1, 0.15) is 33.6 Å². The maximum atomic E-state index is 11.5. The van der Waals surface area contributed by atoms with Crippen LogP contribution in [0.2, 0.25) is 0 Å². The molecule has 2 amide bonds. The van der Waals surface area contributed by atoms with Crippen molar-refractivity contribution in [3.8, 4) is 0 Å². The molecule has 0 fully saturated rings. The van der Waals surface area contributed by atoms with Gasteiger partial charge < -0.3 is 20.8 Å². The van der Waals surface area contributed by atoms with E-state index in [-0.39, 0.29) is 12.3 Å². The molecule has 0 aliphatic heterocycles. The molecule has 0 aliphatic carbocycles. The van der Waals surface area contributed by atoms with Gasteiger partial charge in [0.1, 0.15) is 6.04 Å². The van der Waals surface area contributed by atoms with Crippen LogP contribution in [-0.4, -0.2) is 47.2 Å². The number of aliphatic carboxylic acids is 1. The molecule has 0 spiro atoms. The van der Waals surface area contributed by atoms with E-state index in [1.807, 2.05) is 0 Å². The standard InChI is InChI=1S/C12H22N2O5/c1-12(2,3)11(19)13-6-4-5-9(16)14-8(7-15)10(17)18/h8,15H,4-7H2,1-3H3,(H,13,19)(H,14,16)(H,17,18). The molecule has 7 heteroatoms. The zero-order chi connectivity index (χ0) is 15.1. The fourth-order valence-electron chi connectivity index (χ4n) is 1.17. The van der Waals surface area contributed by atoms with Crippen LogP contribution in [0.4, 0.5) is 0 Å². The minimum absolute atomic E-state index is 0.0915. The van der Waals surface area contributed by atoms with Crippen molar-refractivity contribution in [3.63, 3.8) is 0 Å². The second-order valence-corrected chi connectivity index (χ2v) is 5.25. The van der Waals surface area contributed by atoms with E-state index in [2.05, 4.69) is 10.6 Å². The summed E-state index contributed by atoms with van der Waals surface area (Å²) >= 11 is 0. The number of carboxylic acids is 1. The molecule has 0 saturated carbocycles. The van der Waals surface area contributed by atoms with Crippen LogP contribution in [0.5, 0.6) is 0 Å². The highest BCUT2D eigenvalue weighted by Crippen LogP contribution is 2.12. The molecular weight excluding hydrogens is 252 g/mol. The van der Waals surface area contributed by atoms with E-state index < -0.39 is 29.9 Å². The Labute approximate surface area is 112 Å². The number of carbonyl (C=O) groups is 3. The van der Waals surface area contributed by atoms with E-state index in [1.54, 1.807) is 20.8 Å². The van der Waals surface area contributed by atoms with Crippen molar-refractivity contribution in [2.75, 3.05) is 13.2 Å². The number of hydrogen-bond acceptors (Lipinski definition) is 4. The first kappa shape index (κ1) is 17.4. The lowest BCUT2D eigenvalue weighted by molar-refractivity contribution is -0.142. The second kappa shape index (κ2) is 7.73. The van der Waals surface area contributed by atoms with E-state index in [4.69, 9.17) is 10.2 Å². The Bertz CT molecular complexity index is 336. The molecule has 7 nitrogen and oxygen atoms in total. The summed E-state index contributed by atoms with van der Waals surface area (Å²) in [6.45, 7) is 5.05. The Morgan fingerprint density at radius 3 is 2.21 bits per heavy atom. The summed E-state index contributed by atoms with van der Waals surface area (Å²) in [5.41, 5.74) is -0.479. The van der Waals surface area contributed by atoms with E-state index in [1.165, 1.54) is 0 Å². The number of carboxylic acid groups (broad SMARTS) is 1. The maximum Gasteiger partial charge on any atom is 0.328 e. The first-order valence-electron chi connectivity index (χ1n) is 6.09. The van der Waals surface area contributed by atoms with Crippen molar-refractivity contribution < 1.29 is 24.6 Å². The number of nitrogens with one attached hydrogen (secondary N) is 2. The minimum atomic E-state index is -1.28. The minimum Gasteiger partial charge on any atom is -0.480 e. The highest BCUT2D eigenvalue weighted by Gasteiger charge is 2.21. The SMILES string of the molecule is CC(C)(C)C(=O)NCCCC(=O)NC(CO)C(=O)O. The van der Waals surface area contributed by atoms with Gasteiger partial charge in [0, 0.05) is 18.4 Å². The van der Waals surface area contributed by atoms with E-state index >= 15 is 0 Å². The van der Waals surface area contributed by atoms with E-state index in [9.17, 15) is 14.4 Å². The number of carbonyl (C=O) groups excluding carboxylic acids is 2. The van der Waals surface area contributed by atoms with Crippen LogP contribution in [0.15, 0.2) is 0 Å². The number of aliphatic hydroxyl groups is 1. The zero-order valence-electron chi connectivity index (χ0n) is 11.5. The Kier molecular flexibility index (Phi) is 7.06. The van der Waals surface area contributed by atoms with Crippen molar-refractivity contribution in [1.82, 2.24) is 10.6 Å². The Morgan fingerprint density at radius 2 is 1.79 bits per heavy atom. The largest absolute Gasteiger partial charge is 0.480 e. The third-order valence-electron chi connectivity index (χ3n) is 2.36. The molecule has 0 aliphatic rings. The quantitative estimate of drug-likeness (QED) is 0.467. The summed E-state index contributed by atoms with van der Waals surface area (Å²) < 4.78 is 0. The predicted molar refractivity (Wildman–Crippen MR) is 68.4 cm³/mol. The molecule has 1 unspecified atom stereocenters. The van der Waals surface area contributed by atoms with Gasteiger partial charge in [-0.15, -0.1) is 0 Å². The smallest absolute Gasteiger partial charge is 0.328 e. The van der Waals surface area contributed by atoms with Gasteiger partial charge in [0.2, 0.25) is 11.8 Å². The highest BCUT2D eigenvalue weighted by molar-refractivity contribution is 5.83. The van der Waals surface area contributed by atoms with Crippen molar-refractivity contribution in [3.05, 3.63) is 0 Å². The van der Waals surface area contributed by atoms with E-state index in [0.717, 1.165) is 0 Å². The molecule has 0 aromatic rings. The molecular formula is C12H22N2O5. The fraction of sp³-hybridized carbons (Fsp3) is 0.750. The Balaban J connectivity index is 3.87. The Hall–Kier alpha value is -1.63. The Morgan fingerprint density at radius 1 is 1.21 bits per heavy atom. The van der Waals surface area contributed by atoms with Crippen LogP contribution in [0, 0.1) is 5.41 Å². The van der Waals surface area contributed by atoms with Gasteiger partial charge in [0.05, 0.1) is 6.61 Å². The monoisotopic (exact) mass is 274 g/mol. The summed E-state index contributed by atoms with van der Waals surface area (Å²) in [4.78, 5) is 33.4. The first-order valence-corrected chi connectivity index (χ1v) is 6.09. The summed E-state index contributed by atoms with van der Waals surface area (Å²) in [5, 5.41) is 22.2. The number of amides is 2. The summed E-state index contributed by atoms with van der Waals surface area (Å²) in [6.07, 6.45) is 0.500. The lowest BCUT2D eigenvalue weighted by Crippen LogP contribution is -2.43. The molecule has 0 heterocycles. The first-order chi connectivity index (χ1) is 8.68. The van der Waals surface area contributed by atoms with Gasteiger partial charge in [-0.3, -0.25) is 9.59 Å². The zero-order valence-corrected chi connectivity index (χ0v) is 11.5. The lowest BCUT2D eigenvalue weighted by atomic mass is 9.96. The van der Waals surface area contributed by atoms with Gasteiger partial charge in [0.25, 0.3) is 0 Å². The molecule has 0 aromatic heterocycles. The average molecular weight is 274 g/mol. The molecule has 0 bridgehead atoms. The number of hydrogen-bond donors (Lipinski definition) is 4. The number of rotatable bonds is 7. The normalized spacial score (nSPS) is 12.6. The van der Waals surface area contributed by atoms with Gasteiger partial charge in [0.15, 0.2) is 0 Å². The van der Waals surface area contributed by atoms with Gasteiger partial charge in [-0.2, -0.15) is 0 Å². The van der Waals surface area contributed by atoms with Crippen molar-refractivity contribution in [2.24, 2.45) is 5.41 Å². The second-order valence-electron chi connectivity index (χ2n) is 5.25. The van der Waals surface area contributed by atoms with Crippen molar-refractivity contribution in [1.29, 1.82) is 0 Å². The van der Waals surface area contributed by atoms with Gasteiger partial charge >= 0.3 is 5.97 Å². The maximum absolute atomic E-state index is 11.5. The van der Waals surface area contributed by atoms with Gasteiger partial charge in [-0.25, -0.2) is 4.79 Å². The predicted octanol–water partition coefficient (Wildman–Crippen LogP) is -0.509. The lowest BCUT2D eigenvalue weighted by Gasteiger charge is -2.17. The summed E-state index contributed by atoms with van der Waals surface area (Å²) in [6, 6.07) is -1.28. The van der Waals surface area contributed by atoms with E-state index in [0.29, 0.717) is 13.0 Å². The molecule has 19 heavy (non-hydrogen) atoms. The topological polar surface area (TPSA) is 116 Å². The highest BCUT2D eigenvalue weighted by atomic mass is 16.4. The van der Waals surface area contributed by atoms with Gasteiger partial charge in [-0.1, -0.05) is 20.8 Å². The third-order valence-corrected chi connectivity index (χ3v) is 2.36. The van der Waals surface area contributed by atoms with Crippen LogP contribution in [0.25, 0.3) is 0 Å². The number of aliphatic hydroxyl groups excluding tert-OH is 1. The summed E-state index contributed by atoms with van der Waals surface area (Å²) in [7, 11) is 0. The molecule has 0 saturated heterocycles. The van der Waals surface area contributed by atoms with Crippen LogP contribution in [-0.2, 0) is 14.4 Å². The summed E-state index contributed by atoms with van der Waals surface area (Å²) in [5.74, 6) is -1.85. The van der Waals surface area contributed by atoms with Crippen molar-refractivity contribution >= 4 is 17.8 Å². The molecule has 110 valence electrons. The van der Waals surface area contributed by atoms with Crippen molar-refractivity contribution in [2.45, 2.75) is 39.7 Å². The third kappa shape index (κ3) is 7.40. The van der Waals surface area contributed by atoms with Crippen LogP contribution in [0.3, 0.4) is 0 Å². The average Bonchev–Trinajstić information content (AvgIpc) is 2.29.